The van der Waals surface area contributed by atoms with Gasteiger partial charge in [0, 0.05) is 32.7 Å². The average Bonchev–Trinajstić information content (AvgIpc) is 3.10. The Kier molecular flexibility index (Phi) is 15.9. The summed E-state index contributed by atoms with van der Waals surface area (Å²) in [5, 5.41) is 3.59. The molecule has 0 aromatic heterocycles. The van der Waals surface area contributed by atoms with Crippen LogP contribution >= 0.6 is 0 Å². The Bertz CT molecular complexity index is 1640. The largest absolute Gasteiger partial charge is 0.480 e. The van der Waals surface area contributed by atoms with Gasteiger partial charge in [-0.2, -0.15) is 78.9 Å². The number of nitrogens with two attached hydrogens (primary N) is 2. The molecule has 1 saturated heterocycles. The van der Waals surface area contributed by atoms with Crippen molar-refractivity contribution in [2.45, 2.75) is 78.9 Å². The van der Waals surface area contributed by atoms with Crippen molar-refractivity contribution in [1.29, 1.82) is 0 Å². The molecule has 3 amide bonds. The van der Waals surface area contributed by atoms with Gasteiger partial charge in [0.2, 0.25) is 0 Å². The number of benzene rings is 1. The second-order valence-electron chi connectivity index (χ2n) is 11.6. The Labute approximate surface area is 309 Å². The van der Waals surface area contributed by atoms with Gasteiger partial charge in [-0.1, -0.05) is 30.3 Å². The minimum Gasteiger partial charge on any atom is -0.480 e. The standard InChI is InChI=1S/C14H20N2O4.C13H10F17N3O3S/c15-12(13(17)18)8-4-5-9-16-14(19)20-10-11-6-2-1-3-7-11;14-6(15,8(18,19)10(22,23)12(26,27)28)7(16,17)9(20,21)11(24,25)13(29,30)37(35,36)33-3-1-32(2-4-33)5(31)34/h1-3,6-7,12H,4-5,8-10,15H2,(H,16,19)(H,17,18);1-4H2,(H2,31,34)/t12-;/m0./s1. The van der Waals surface area contributed by atoms with Gasteiger partial charge in [-0.15, -0.1) is 0 Å². The maximum atomic E-state index is 14.1. The number of rotatable bonds is 16. The van der Waals surface area contributed by atoms with E-state index in [1.165, 1.54) is 0 Å². The maximum absolute atomic E-state index is 14.1. The molecular weight excluding hydrogens is 861 g/mol. The van der Waals surface area contributed by atoms with Gasteiger partial charge in [0.05, 0.1) is 0 Å². The van der Waals surface area contributed by atoms with Crippen LogP contribution in [-0.2, 0) is 26.2 Å². The summed E-state index contributed by atoms with van der Waals surface area (Å²) in [6, 6.07) is 7.22. The van der Waals surface area contributed by atoms with Crippen LogP contribution in [0.1, 0.15) is 24.8 Å². The van der Waals surface area contributed by atoms with E-state index in [-0.39, 0.29) is 6.61 Å². The number of urea groups is 1. The van der Waals surface area contributed by atoms with E-state index < -0.39 is 112 Å². The molecule has 0 bridgehead atoms. The first-order chi connectivity index (χ1) is 25.5. The van der Waals surface area contributed by atoms with E-state index in [4.69, 9.17) is 21.3 Å². The lowest BCUT2D eigenvalue weighted by Gasteiger charge is -2.43. The van der Waals surface area contributed by atoms with Crippen molar-refractivity contribution in [2.75, 3.05) is 32.7 Å². The van der Waals surface area contributed by atoms with Crippen LogP contribution in [0, 0.1) is 0 Å². The zero-order chi connectivity index (χ0) is 44.9. The zero-order valence-electron chi connectivity index (χ0n) is 28.1. The maximum Gasteiger partial charge on any atom is 0.460 e. The van der Waals surface area contributed by atoms with Gasteiger partial charge in [-0.3, -0.25) is 4.79 Å². The Morgan fingerprint density at radius 2 is 1.16 bits per heavy atom. The van der Waals surface area contributed by atoms with E-state index in [0.717, 1.165) is 5.56 Å². The number of ether oxygens (including phenoxy) is 1. The lowest BCUT2D eigenvalue weighted by Crippen LogP contribution is -2.75. The summed E-state index contributed by atoms with van der Waals surface area (Å²) in [6.07, 6.45) is -6.66. The summed E-state index contributed by atoms with van der Waals surface area (Å²) in [4.78, 5) is 33.2. The second kappa shape index (κ2) is 17.8. The minimum absolute atomic E-state index is 0.233. The number of sulfonamides is 1. The quantitative estimate of drug-likeness (QED) is 0.124. The van der Waals surface area contributed by atoms with E-state index in [2.05, 4.69) is 5.32 Å². The van der Waals surface area contributed by atoms with Gasteiger partial charge in [0.15, 0.2) is 0 Å². The molecular formula is C27H30F17N5O7S. The van der Waals surface area contributed by atoms with Crippen LogP contribution in [0.3, 0.4) is 0 Å². The van der Waals surface area contributed by atoms with Gasteiger partial charge in [-0.05, 0) is 24.8 Å². The number of primary amides is 1. The number of carbonyl (C=O) groups excluding carboxylic acids is 2. The third-order valence-corrected chi connectivity index (χ3v) is 9.60. The normalized spacial score (nSPS) is 16.3. The molecule has 12 nitrogen and oxygen atoms in total. The first kappa shape index (κ1) is 50.9. The predicted octanol–water partition coefficient (Wildman–Crippen LogP) is 5.47. The number of piperazine rings is 1. The number of hydrogen-bond acceptors (Lipinski definition) is 7. The summed E-state index contributed by atoms with van der Waals surface area (Å²) in [5.41, 5.74) is 11.0. The van der Waals surface area contributed by atoms with Crippen LogP contribution in [0.15, 0.2) is 30.3 Å². The fourth-order valence-electron chi connectivity index (χ4n) is 4.20. The van der Waals surface area contributed by atoms with Crippen LogP contribution in [0.25, 0.3) is 0 Å². The van der Waals surface area contributed by atoms with Gasteiger partial charge in [-0.25, -0.2) is 18.0 Å². The number of nitrogens with one attached hydrogen (secondary N) is 1. The molecule has 0 aliphatic carbocycles. The molecule has 2 rings (SSSR count). The highest BCUT2D eigenvalue weighted by Crippen LogP contribution is 2.64. The molecule has 1 aliphatic heterocycles. The number of amides is 3. The highest BCUT2D eigenvalue weighted by atomic mass is 32.2. The Hall–Kier alpha value is -4.09. The highest BCUT2D eigenvalue weighted by molar-refractivity contribution is 7.90. The van der Waals surface area contributed by atoms with Crippen LogP contribution in [0.5, 0.6) is 0 Å². The number of carboxylic acid groups (broad SMARTS) is 1. The first-order valence-electron chi connectivity index (χ1n) is 15.2. The molecule has 30 heteroatoms. The number of carbonyl (C=O) groups is 3. The number of halogens is 17. The molecule has 0 unspecified atom stereocenters. The molecule has 1 aliphatic rings. The number of carboxylic acids is 1. The second-order valence-corrected chi connectivity index (χ2v) is 13.6. The summed E-state index contributed by atoms with van der Waals surface area (Å²) < 4.78 is 254. The van der Waals surface area contributed by atoms with Crippen molar-refractivity contribution < 1.29 is 107 Å². The van der Waals surface area contributed by atoms with Crippen LogP contribution in [0.4, 0.5) is 84.2 Å². The zero-order valence-corrected chi connectivity index (χ0v) is 28.9. The van der Waals surface area contributed by atoms with Crippen molar-refractivity contribution in [3.8, 4) is 0 Å². The average molecular weight is 892 g/mol. The molecule has 1 heterocycles. The third kappa shape index (κ3) is 10.1. The fraction of sp³-hybridized carbons (Fsp3) is 0.667. The summed E-state index contributed by atoms with van der Waals surface area (Å²) in [7, 11) is -7.35. The molecule has 1 atom stereocenters. The smallest absolute Gasteiger partial charge is 0.460 e. The minimum atomic E-state index is -8.88. The number of hydrogen-bond donors (Lipinski definition) is 4. The topological polar surface area (TPSA) is 185 Å². The SMILES string of the molecule is NC(=O)N1CCN(S(=O)(=O)C(F)(F)C(F)(F)C(F)(F)C(F)(F)C(F)(F)C(F)(F)C(F)(F)C(F)(F)F)CC1.N[C@@H](CCCCNC(=O)OCc1ccccc1)C(=O)O. The van der Waals surface area contributed by atoms with Crippen LogP contribution in [0.2, 0.25) is 0 Å². The van der Waals surface area contributed by atoms with E-state index in [9.17, 15) is 97.4 Å². The molecule has 1 aromatic rings. The highest BCUT2D eigenvalue weighted by Gasteiger charge is 2.96. The fourth-order valence-corrected chi connectivity index (χ4v) is 5.62. The lowest BCUT2D eigenvalue weighted by molar-refractivity contribution is -0.458. The van der Waals surface area contributed by atoms with Crippen LogP contribution < -0.4 is 16.8 Å². The predicted molar refractivity (Wildman–Crippen MR) is 156 cm³/mol. The van der Waals surface area contributed by atoms with E-state index in [1.54, 1.807) is 0 Å². The van der Waals surface area contributed by atoms with Crippen molar-refractivity contribution >= 4 is 28.1 Å². The number of alkyl halides is 17. The van der Waals surface area contributed by atoms with Gasteiger partial charge < -0.3 is 31.5 Å². The summed E-state index contributed by atoms with van der Waals surface area (Å²) in [6.45, 7) is -4.26. The van der Waals surface area contributed by atoms with Gasteiger partial charge in [0.25, 0.3) is 10.0 Å². The summed E-state index contributed by atoms with van der Waals surface area (Å²) >= 11 is 0. The third-order valence-electron chi connectivity index (χ3n) is 7.65. The van der Waals surface area contributed by atoms with E-state index in [0.29, 0.717) is 30.7 Å². The van der Waals surface area contributed by atoms with Crippen molar-refractivity contribution in [3.63, 3.8) is 0 Å². The molecule has 1 fully saturated rings. The van der Waals surface area contributed by atoms with Crippen LogP contribution in [-0.4, -0.2) is 127 Å². The molecule has 0 radical (unpaired) electrons. The number of nitrogens with zero attached hydrogens (tertiary/aromatic N) is 2. The Morgan fingerprint density at radius 1 is 0.719 bits per heavy atom. The number of aliphatic carboxylic acids is 1. The van der Waals surface area contributed by atoms with E-state index in [1.807, 2.05) is 30.3 Å². The van der Waals surface area contributed by atoms with Crippen molar-refractivity contribution in [1.82, 2.24) is 14.5 Å². The molecule has 0 saturated carbocycles. The molecule has 0 spiro atoms. The van der Waals surface area contributed by atoms with Crippen molar-refractivity contribution in [3.05, 3.63) is 35.9 Å². The number of unbranched alkanes of at least 4 members (excludes halogenated alkanes) is 1. The number of alkyl carbamates (subject to hydrolysis) is 1. The van der Waals surface area contributed by atoms with Gasteiger partial charge in [0.1, 0.15) is 12.6 Å². The Balaban J connectivity index is 0.000000681. The van der Waals surface area contributed by atoms with E-state index >= 15 is 0 Å². The Morgan fingerprint density at radius 3 is 1.58 bits per heavy atom. The molecule has 57 heavy (non-hydrogen) atoms. The lowest BCUT2D eigenvalue weighted by atomic mass is 9.91. The monoisotopic (exact) mass is 891 g/mol. The first-order valence-corrected chi connectivity index (χ1v) is 16.6. The molecule has 330 valence electrons. The molecule has 6 N–H and O–H groups in total. The van der Waals surface area contributed by atoms with Gasteiger partial charge >= 0.3 is 65.1 Å². The molecule has 1 aromatic carbocycles. The summed E-state index contributed by atoms with van der Waals surface area (Å²) in [5.74, 6) is -52.9. The van der Waals surface area contributed by atoms with Crippen molar-refractivity contribution in [2.24, 2.45) is 11.5 Å².